The molecule has 8 nitrogen and oxygen atoms in total. The van der Waals surface area contributed by atoms with Crippen molar-refractivity contribution in [3.63, 3.8) is 0 Å². The number of ether oxygens (including phenoxy) is 2. The van der Waals surface area contributed by atoms with Gasteiger partial charge in [-0.1, -0.05) is 30.3 Å². The minimum atomic E-state index is -0.650. The summed E-state index contributed by atoms with van der Waals surface area (Å²) in [5.41, 5.74) is 2.15. The van der Waals surface area contributed by atoms with Crippen LogP contribution in [0.1, 0.15) is 24.2 Å². The average molecular weight is 402 g/mol. The number of nitrogens with one attached hydrogen (secondary N) is 1. The van der Waals surface area contributed by atoms with Gasteiger partial charge in [-0.05, 0) is 12.5 Å². The molecule has 1 fully saturated rings. The topological polar surface area (TPSA) is 84.1 Å². The number of benzene rings is 1. The van der Waals surface area contributed by atoms with Gasteiger partial charge in [-0.3, -0.25) is 9.67 Å². The van der Waals surface area contributed by atoms with Gasteiger partial charge in [0, 0.05) is 31.9 Å². The molecule has 2 atom stereocenters. The summed E-state index contributed by atoms with van der Waals surface area (Å²) in [7, 11) is 1.90. The molecule has 0 saturated carbocycles. The summed E-state index contributed by atoms with van der Waals surface area (Å²) in [6.45, 7) is 5.87. The predicted molar refractivity (Wildman–Crippen MR) is 112 cm³/mol. The summed E-state index contributed by atoms with van der Waals surface area (Å²) < 4.78 is 13.3. The van der Waals surface area contributed by atoms with Crippen LogP contribution >= 0.6 is 0 Å². The van der Waals surface area contributed by atoms with Crippen molar-refractivity contribution in [3.05, 3.63) is 53.9 Å². The maximum Gasteiger partial charge on any atom is 0.194 e. The van der Waals surface area contributed by atoms with Gasteiger partial charge in [0.1, 0.15) is 6.10 Å². The molecule has 2 unspecified atom stereocenters. The molecule has 0 aliphatic carbocycles. The van der Waals surface area contributed by atoms with E-state index in [-0.39, 0.29) is 19.3 Å². The average Bonchev–Trinajstić information content (AvgIpc) is 3.18. The fraction of sp³-hybridized carbons (Fsp3) is 0.524. The predicted octanol–water partition coefficient (Wildman–Crippen LogP) is 1.34. The maximum atomic E-state index is 10.3. The summed E-state index contributed by atoms with van der Waals surface area (Å²) >= 11 is 0. The van der Waals surface area contributed by atoms with Crippen molar-refractivity contribution in [2.45, 2.75) is 25.7 Å². The number of aromatic nitrogens is 2. The highest BCUT2D eigenvalue weighted by Crippen LogP contribution is 2.21. The molecule has 0 radical (unpaired) electrons. The Bertz CT molecular complexity index is 765. The Morgan fingerprint density at radius 3 is 2.97 bits per heavy atom. The number of guanidine groups is 1. The van der Waals surface area contributed by atoms with Crippen LogP contribution in [0.15, 0.2) is 47.7 Å². The second-order valence-electron chi connectivity index (χ2n) is 7.10. The van der Waals surface area contributed by atoms with E-state index in [1.807, 2.05) is 56.7 Å². The summed E-state index contributed by atoms with van der Waals surface area (Å²) in [4.78, 5) is 6.79. The van der Waals surface area contributed by atoms with Crippen molar-refractivity contribution in [2.75, 3.05) is 39.4 Å². The van der Waals surface area contributed by atoms with E-state index in [9.17, 15) is 5.11 Å². The first kappa shape index (κ1) is 21.3. The van der Waals surface area contributed by atoms with Crippen molar-refractivity contribution < 1.29 is 14.6 Å². The molecule has 2 N–H and O–H groups in total. The Labute approximate surface area is 172 Å². The lowest BCUT2D eigenvalue weighted by atomic mass is 10.1. The zero-order valence-corrected chi connectivity index (χ0v) is 17.2. The van der Waals surface area contributed by atoms with E-state index in [0.717, 1.165) is 30.2 Å². The molecule has 8 heteroatoms. The van der Waals surface area contributed by atoms with Crippen LogP contribution in [0.2, 0.25) is 0 Å². The molecule has 1 aliphatic heterocycles. The van der Waals surface area contributed by atoms with Crippen LogP contribution < -0.4 is 5.32 Å². The number of aliphatic hydroxyl groups excluding tert-OH is 1. The van der Waals surface area contributed by atoms with Crippen LogP contribution in [0.25, 0.3) is 0 Å². The Morgan fingerprint density at radius 2 is 2.24 bits per heavy atom. The first-order valence-electron chi connectivity index (χ1n) is 10.1. The SMILES string of the molecule is CCNC(=NCC(O)COCc1ccccc1)N1CCOC(c2cnn(C)c2)C1. The minimum absolute atomic E-state index is 0.0413. The summed E-state index contributed by atoms with van der Waals surface area (Å²) in [5.74, 6) is 0.784. The van der Waals surface area contributed by atoms with Gasteiger partial charge in [0.2, 0.25) is 0 Å². The highest BCUT2D eigenvalue weighted by atomic mass is 16.5. The van der Waals surface area contributed by atoms with Crippen LogP contribution in [0.5, 0.6) is 0 Å². The van der Waals surface area contributed by atoms with Gasteiger partial charge in [0.05, 0.1) is 45.2 Å². The van der Waals surface area contributed by atoms with E-state index in [1.54, 1.807) is 4.68 Å². The second kappa shape index (κ2) is 10.9. The van der Waals surface area contributed by atoms with Crippen molar-refractivity contribution >= 4 is 5.96 Å². The number of nitrogens with zero attached hydrogens (tertiary/aromatic N) is 4. The third-order valence-electron chi connectivity index (χ3n) is 4.67. The van der Waals surface area contributed by atoms with E-state index in [2.05, 4.69) is 20.3 Å². The number of aliphatic hydroxyl groups is 1. The smallest absolute Gasteiger partial charge is 0.194 e. The third kappa shape index (κ3) is 6.56. The van der Waals surface area contributed by atoms with Gasteiger partial charge in [0.25, 0.3) is 0 Å². The lowest BCUT2D eigenvalue weighted by Crippen LogP contribution is -2.48. The van der Waals surface area contributed by atoms with E-state index >= 15 is 0 Å². The molecular weight excluding hydrogens is 370 g/mol. The van der Waals surface area contributed by atoms with Crippen molar-refractivity contribution in [1.82, 2.24) is 20.0 Å². The Morgan fingerprint density at radius 1 is 1.41 bits per heavy atom. The second-order valence-corrected chi connectivity index (χ2v) is 7.10. The normalized spacial score (nSPS) is 18.7. The van der Waals surface area contributed by atoms with E-state index in [0.29, 0.717) is 19.8 Å². The molecule has 1 saturated heterocycles. The van der Waals surface area contributed by atoms with Gasteiger partial charge >= 0.3 is 0 Å². The van der Waals surface area contributed by atoms with Crippen molar-refractivity contribution in [1.29, 1.82) is 0 Å². The first-order valence-corrected chi connectivity index (χ1v) is 10.1. The number of hydrogen-bond acceptors (Lipinski definition) is 5. The lowest BCUT2D eigenvalue weighted by molar-refractivity contribution is -0.00828. The zero-order chi connectivity index (χ0) is 20.5. The summed E-state index contributed by atoms with van der Waals surface area (Å²) in [5, 5.41) is 17.8. The molecule has 3 rings (SSSR count). The van der Waals surface area contributed by atoms with Crippen LogP contribution in [-0.4, -0.2) is 71.2 Å². The standard InChI is InChI=1S/C21H31N5O3/c1-3-22-21(23-12-19(27)16-28-15-17-7-5-4-6-8-17)26-9-10-29-20(14-26)18-11-24-25(2)13-18/h4-8,11,13,19-20,27H,3,9-10,12,14-16H2,1-2H3,(H,22,23). The zero-order valence-electron chi connectivity index (χ0n) is 17.2. The van der Waals surface area contributed by atoms with Gasteiger partial charge in [0.15, 0.2) is 5.96 Å². The Hall–Kier alpha value is -2.42. The molecule has 0 bridgehead atoms. The van der Waals surface area contributed by atoms with Crippen LogP contribution in [0, 0.1) is 0 Å². The Kier molecular flexibility index (Phi) is 8.03. The molecule has 0 amide bonds. The van der Waals surface area contributed by atoms with Gasteiger partial charge in [-0.15, -0.1) is 0 Å². The number of aliphatic imine (C=N–C) groups is 1. The molecule has 1 aliphatic rings. The fourth-order valence-electron chi connectivity index (χ4n) is 3.21. The van der Waals surface area contributed by atoms with Gasteiger partial charge in [-0.25, -0.2) is 0 Å². The molecule has 1 aromatic heterocycles. The maximum absolute atomic E-state index is 10.3. The molecular formula is C21H31N5O3. The highest BCUT2D eigenvalue weighted by Gasteiger charge is 2.25. The Balaban J connectivity index is 1.51. The van der Waals surface area contributed by atoms with Crippen molar-refractivity contribution in [3.8, 4) is 0 Å². The first-order chi connectivity index (χ1) is 14.2. The fourth-order valence-corrected chi connectivity index (χ4v) is 3.21. The lowest BCUT2D eigenvalue weighted by Gasteiger charge is -2.35. The monoisotopic (exact) mass is 401 g/mol. The van der Waals surface area contributed by atoms with Crippen LogP contribution in [0.3, 0.4) is 0 Å². The molecule has 158 valence electrons. The van der Waals surface area contributed by atoms with Crippen molar-refractivity contribution in [2.24, 2.45) is 12.0 Å². The molecule has 2 heterocycles. The van der Waals surface area contributed by atoms with Crippen LogP contribution in [0.4, 0.5) is 0 Å². The van der Waals surface area contributed by atoms with E-state index in [1.165, 1.54) is 0 Å². The number of morpholine rings is 1. The molecule has 2 aromatic rings. The molecule has 29 heavy (non-hydrogen) atoms. The van der Waals surface area contributed by atoms with E-state index in [4.69, 9.17) is 9.47 Å². The molecule has 0 spiro atoms. The van der Waals surface area contributed by atoms with E-state index < -0.39 is 6.10 Å². The quantitative estimate of drug-likeness (QED) is 0.513. The number of rotatable bonds is 8. The molecule has 1 aromatic carbocycles. The van der Waals surface area contributed by atoms with Gasteiger partial charge in [-0.2, -0.15) is 5.10 Å². The summed E-state index contributed by atoms with van der Waals surface area (Å²) in [6.07, 6.45) is 3.13. The largest absolute Gasteiger partial charge is 0.389 e. The third-order valence-corrected chi connectivity index (χ3v) is 4.67. The minimum Gasteiger partial charge on any atom is -0.389 e. The van der Waals surface area contributed by atoms with Crippen LogP contribution in [-0.2, 0) is 23.1 Å². The number of hydrogen-bond donors (Lipinski definition) is 2. The highest BCUT2D eigenvalue weighted by molar-refractivity contribution is 5.80. The summed E-state index contributed by atoms with van der Waals surface area (Å²) in [6, 6.07) is 9.93. The number of aryl methyl sites for hydroxylation is 1. The van der Waals surface area contributed by atoms with Gasteiger partial charge < -0.3 is 24.8 Å².